The van der Waals surface area contributed by atoms with Gasteiger partial charge in [-0.3, -0.25) is 25.7 Å². The van der Waals surface area contributed by atoms with Crippen LogP contribution in [0.1, 0.15) is 5.69 Å². The van der Waals surface area contributed by atoms with Crippen LogP contribution < -0.4 is 5.43 Å². The number of rotatable bonds is 6. The number of hydrogen-bond acceptors (Lipinski definition) is 6. The van der Waals surface area contributed by atoms with Crippen LogP contribution in [0.25, 0.3) is 5.69 Å². The van der Waals surface area contributed by atoms with Gasteiger partial charge in [-0.05, 0) is 30.3 Å². The summed E-state index contributed by atoms with van der Waals surface area (Å²) < 4.78 is 1.90. The first-order valence-electron chi connectivity index (χ1n) is 7.51. The number of hydrogen-bond donors (Lipinski definition) is 1. The molecule has 9 heteroatoms. The minimum atomic E-state index is -0.697. The Kier molecular flexibility index (Phi) is 4.70. The zero-order valence-electron chi connectivity index (χ0n) is 13.4. The summed E-state index contributed by atoms with van der Waals surface area (Å²) in [6.45, 7) is 0. The third-order valence-electron chi connectivity index (χ3n) is 3.59. The monoisotopic (exact) mass is 351 g/mol. The van der Waals surface area contributed by atoms with Crippen molar-refractivity contribution in [3.8, 4) is 5.69 Å². The molecule has 130 valence electrons. The number of anilines is 1. The van der Waals surface area contributed by atoms with E-state index in [1.807, 2.05) is 53.2 Å². The van der Waals surface area contributed by atoms with E-state index in [0.29, 0.717) is 0 Å². The lowest BCUT2D eigenvalue weighted by molar-refractivity contribution is -0.393. The average molecular weight is 351 g/mol. The Hall–Kier alpha value is -4.01. The van der Waals surface area contributed by atoms with Gasteiger partial charge in [-0.2, -0.15) is 5.10 Å². The molecule has 0 aliphatic carbocycles. The van der Waals surface area contributed by atoms with Crippen LogP contribution in [-0.4, -0.2) is 20.6 Å². The Morgan fingerprint density at radius 2 is 1.73 bits per heavy atom. The van der Waals surface area contributed by atoms with Crippen LogP contribution in [0, 0.1) is 20.2 Å². The van der Waals surface area contributed by atoms with E-state index < -0.39 is 15.5 Å². The van der Waals surface area contributed by atoms with Crippen LogP contribution in [0.15, 0.2) is 72.0 Å². The van der Waals surface area contributed by atoms with Crippen molar-refractivity contribution in [1.82, 2.24) is 4.57 Å². The fourth-order valence-corrected chi connectivity index (χ4v) is 2.37. The van der Waals surface area contributed by atoms with Gasteiger partial charge in [-0.1, -0.05) is 18.2 Å². The number of para-hydroxylation sites is 1. The zero-order chi connectivity index (χ0) is 18.5. The van der Waals surface area contributed by atoms with Gasteiger partial charge >= 0.3 is 5.69 Å². The molecule has 9 nitrogen and oxygen atoms in total. The summed E-state index contributed by atoms with van der Waals surface area (Å²) in [5.41, 5.74) is 3.56. The maximum absolute atomic E-state index is 11.1. The largest absolute Gasteiger partial charge is 0.316 e. The molecular formula is C17H13N5O4. The molecule has 0 fully saturated rings. The van der Waals surface area contributed by atoms with Crippen LogP contribution in [-0.2, 0) is 0 Å². The van der Waals surface area contributed by atoms with E-state index >= 15 is 0 Å². The highest BCUT2D eigenvalue weighted by Gasteiger charge is 2.19. The van der Waals surface area contributed by atoms with Crippen LogP contribution in [0.3, 0.4) is 0 Å². The molecule has 2 aromatic carbocycles. The van der Waals surface area contributed by atoms with Crippen molar-refractivity contribution in [2.75, 3.05) is 5.43 Å². The van der Waals surface area contributed by atoms with Gasteiger partial charge in [-0.15, -0.1) is 0 Å². The molecule has 1 aromatic heterocycles. The van der Waals surface area contributed by atoms with Gasteiger partial charge in [-0.25, -0.2) is 0 Å². The first-order valence-corrected chi connectivity index (χ1v) is 7.51. The van der Waals surface area contributed by atoms with Crippen molar-refractivity contribution in [2.45, 2.75) is 0 Å². The van der Waals surface area contributed by atoms with Crippen molar-refractivity contribution >= 4 is 23.3 Å². The van der Waals surface area contributed by atoms with Gasteiger partial charge in [0.05, 0.1) is 27.8 Å². The molecule has 26 heavy (non-hydrogen) atoms. The maximum atomic E-state index is 11.1. The van der Waals surface area contributed by atoms with Gasteiger partial charge in [0.2, 0.25) is 0 Å². The molecule has 0 aliphatic heterocycles. The minimum Gasteiger partial charge on any atom is -0.316 e. The van der Waals surface area contributed by atoms with Gasteiger partial charge in [0.25, 0.3) is 5.69 Å². The second-order valence-corrected chi connectivity index (χ2v) is 5.22. The van der Waals surface area contributed by atoms with Crippen molar-refractivity contribution in [3.63, 3.8) is 0 Å². The van der Waals surface area contributed by atoms with E-state index in [4.69, 9.17) is 0 Å². The molecule has 0 saturated heterocycles. The second-order valence-electron chi connectivity index (χ2n) is 5.22. The van der Waals surface area contributed by atoms with Crippen molar-refractivity contribution in [2.24, 2.45) is 5.10 Å². The van der Waals surface area contributed by atoms with E-state index in [9.17, 15) is 20.2 Å². The Labute approximate surface area is 147 Å². The number of nitro groups is 2. The standard InChI is InChI=1S/C17H13N5O4/c23-21(24)14-8-9-16(17(11-14)22(25)26)19-18-12-15-7-4-10-20(15)13-5-2-1-3-6-13/h1-12,19H/b18-12-. The van der Waals surface area contributed by atoms with Gasteiger partial charge in [0.1, 0.15) is 5.69 Å². The molecule has 3 rings (SSSR count). The first kappa shape index (κ1) is 16.8. The van der Waals surface area contributed by atoms with E-state index in [1.165, 1.54) is 18.3 Å². The molecule has 0 radical (unpaired) electrons. The van der Waals surface area contributed by atoms with Crippen LogP contribution in [0.5, 0.6) is 0 Å². The lowest BCUT2D eigenvalue weighted by Crippen LogP contribution is -2.01. The predicted octanol–water partition coefficient (Wildman–Crippen LogP) is 3.74. The van der Waals surface area contributed by atoms with Gasteiger partial charge in [0.15, 0.2) is 0 Å². The normalized spacial score (nSPS) is 10.8. The summed E-state index contributed by atoms with van der Waals surface area (Å²) in [7, 11) is 0. The lowest BCUT2D eigenvalue weighted by Gasteiger charge is -2.06. The number of nitrogens with zero attached hydrogens (tertiary/aromatic N) is 4. The first-order chi connectivity index (χ1) is 12.6. The zero-order valence-corrected chi connectivity index (χ0v) is 13.4. The Bertz CT molecular complexity index is 982. The molecule has 0 unspecified atom stereocenters. The van der Waals surface area contributed by atoms with Crippen molar-refractivity contribution < 1.29 is 9.85 Å². The minimum absolute atomic E-state index is 0.0645. The molecule has 0 bridgehead atoms. The number of hydrazone groups is 1. The summed E-state index contributed by atoms with van der Waals surface area (Å²) in [5, 5.41) is 25.9. The SMILES string of the molecule is O=[N+]([O-])c1ccc(N/N=C\c2cccn2-c2ccccc2)c([N+](=O)[O-])c1. The average Bonchev–Trinajstić information content (AvgIpc) is 3.11. The van der Waals surface area contributed by atoms with Gasteiger partial charge < -0.3 is 4.57 Å². The quantitative estimate of drug-likeness (QED) is 0.412. The third-order valence-corrected chi connectivity index (χ3v) is 3.59. The number of non-ortho nitro benzene ring substituents is 1. The number of benzene rings is 2. The molecule has 0 spiro atoms. The summed E-state index contributed by atoms with van der Waals surface area (Å²) in [5.74, 6) is 0. The van der Waals surface area contributed by atoms with Gasteiger partial charge in [0, 0.05) is 18.0 Å². The van der Waals surface area contributed by atoms with Crippen LogP contribution in [0.2, 0.25) is 0 Å². The Balaban J connectivity index is 1.83. The third kappa shape index (κ3) is 3.56. The Morgan fingerprint density at radius 3 is 2.42 bits per heavy atom. The Morgan fingerprint density at radius 1 is 0.962 bits per heavy atom. The molecule has 1 heterocycles. The molecule has 0 amide bonds. The molecule has 0 aliphatic rings. The summed E-state index contributed by atoms with van der Waals surface area (Å²) >= 11 is 0. The van der Waals surface area contributed by atoms with E-state index in [0.717, 1.165) is 17.4 Å². The smallest absolute Gasteiger partial charge is 0.301 e. The van der Waals surface area contributed by atoms with E-state index in [1.54, 1.807) is 0 Å². The molecule has 0 atom stereocenters. The maximum Gasteiger partial charge on any atom is 0.301 e. The highest BCUT2D eigenvalue weighted by Crippen LogP contribution is 2.28. The summed E-state index contributed by atoms with van der Waals surface area (Å²) in [6, 6.07) is 16.6. The fraction of sp³-hybridized carbons (Fsp3) is 0. The summed E-state index contributed by atoms with van der Waals surface area (Å²) in [4.78, 5) is 20.5. The number of nitrogens with one attached hydrogen (secondary N) is 1. The fourth-order valence-electron chi connectivity index (χ4n) is 2.37. The highest BCUT2D eigenvalue weighted by atomic mass is 16.6. The van der Waals surface area contributed by atoms with E-state index in [2.05, 4.69) is 10.5 Å². The topological polar surface area (TPSA) is 116 Å². The second kappa shape index (κ2) is 7.26. The molecular weight excluding hydrogens is 338 g/mol. The van der Waals surface area contributed by atoms with Crippen LogP contribution >= 0.6 is 0 Å². The van der Waals surface area contributed by atoms with E-state index in [-0.39, 0.29) is 11.4 Å². The lowest BCUT2D eigenvalue weighted by atomic mass is 10.2. The number of nitro benzene ring substituents is 2. The van der Waals surface area contributed by atoms with Crippen molar-refractivity contribution in [1.29, 1.82) is 0 Å². The highest BCUT2D eigenvalue weighted by molar-refractivity contribution is 5.80. The number of aromatic nitrogens is 1. The molecule has 0 saturated carbocycles. The summed E-state index contributed by atoms with van der Waals surface area (Å²) in [6.07, 6.45) is 3.38. The molecule has 3 aromatic rings. The van der Waals surface area contributed by atoms with Crippen LogP contribution in [0.4, 0.5) is 17.1 Å². The van der Waals surface area contributed by atoms with Crippen molar-refractivity contribution in [3.05, 3.63) is 92.8 Å². The molecule has 1 N–H and O–H groups in total. The predicted molar refractivity (Wildman–Crippen MR) is 96.7 cm³/mol.